The van der Waals surface area contributed by atoms with Crippen LogP contribution in [0.15, 0.2) is 36.5 Å². The molecule has 1 heterocycles. The molecule has 0 saturated carbocycles. The molecule has 3 nitrogen and oxygen atoms in total. The van der Waals surface area contributed by atoms with Gasteiger partial charge in [-0.3, -0.25) is 4.68 Å². The van der Waals surface area contributed by atoms with Crippen molar-refractivity contribution in [3.8, 4) is 0 Å². The topological polar surface area (TPSA) is 29.9 Å². The number of nitrogens with one attached hydrogen (secondary N) is 1. The molecule has 114 valence electrons. The molecular weight excluding hydrogens is 373 g/mol. The van der Waals surface area contributed by atoms with E-state index in [2.05, 4.69) is 83.0 Å². The maximum Gasteiger partial charge on any atom is 0.0643 e. The lowest BCUT2D eigenvalue weighted by atomic mass is 10.0. The van der Waals surface area contributed by atoms with Gasteiger partial charge in [0.2, 0.25) is 0 Å². The standard InChI is InChI=1S/C17H24IN3/c1-4-16(5-2)21-10-9-15(20-21)12-17(19-3)13-7-6-8-14(18)11-13/h6-11,16-17,19H,4-5,12H2,1-3H3. The fraction of sp³-hybridized carbons (Fsp3) is 0.471. The van der Waals surface area contributed by atoms with Crippen molar-refractivity contribution < 1.29 is 0 Å². The van der Waals surface area contributed by atoms with E-state index >= 15 is 0 Å². The lowest BCUT2D eigenvalue weighted by Crippen LogP contribution is -2.19. The van der Waals surface area contributed by atoms with Crippen molar-refractivity contribution in [2.24, 2.45) is 0 Å². The van der Waals surface area contributed by atoms with Crippen molar-refractivity contribution in [2.45, 2.75) is 45.2 Å². The summed E-state index contributed by atoms with van der Waals surface area (Å²) in [5.41, 5.74) is 2.47. The summed E-state index contributed by atoms with van der Waals surface area (Å²) in [6, 6.07) is 11.6. The van der Waals surface area contributed by atoms with Crippen LogP contribution in [-0.2, 0) is 6.42 Å². The number of halogens is 1. The van der Waals surface area contributed by atoms with Gasteiger partial charge in [0.15, 0.2) is 0 Å². The number of benzene rings is 1. The van der Waals surface area contributed by atoms with Gasteiger partial charge < -0.3 is 5.32 Å². The number of rotatable bonds is 7. The first-order valence-corrected chi connectivity index (χ1v) is 8.72. The van der Waals surface area contributed by atoms with Crippen molar-refractivity contribution in [3.05, 3.63) is 51.4 Å². The van der Waals surface area contributed by atoms with Gasteiger partial charge in [-0.05, 0) is 66.2 Å². The van der Waals surface area contributed by atoms with Crippen molar-refractivity contribution in [1.29, 1.82) is 0 Å². The van der Waals surface area contributed by atoms with Crippen LogP contribution in [0.2, 0.25) is 0 Å². The molecule has 0 saturated heterocycles. The van der Waals surface area contributed by atoms with E-state index in [1.165, 1.54) is 9.13 Å². The molecule has 1 N–H and O–H groups in total. The number of hydrogen-bond donors (Lipinski definition) is 1. The molecule has 21 heavy (non-hydrogen) atoms. The fourth-order valence-electron chi connectivity index (χ4n) is 2.67. The number of likely N-dealkylation sites (N-methyl/N-ethyl adjacent to an activating group) is 1. The van der Waals surface area contributed by atoms with Gasteiger partial charge in [-0.15, -0.1) is 0 Å². The van der Waals surface area contributed by atoms with E-state index in [0.29, 0.717) is 12.1 Å². The van der Waals surface area contributed by atoms with Crippen LogP contribution in [0, 0.1) is 3.57 Å². The zero-order chi connectivity index (χ0) is 15.2. The van der Waals surface area contributed by atoms with Gasteiger partial charge >= 0.3 is 0 Å². The molecule has 2 aromatic rings. The summed E-state index contributed by atoms with van der Waals surface area (Å²) >= 11 is 2.36. The summed E-state index contributed by atoms with van der Waals surface area (Å²) in [4.78, 5) is 0. The SMILES string of the molecule is CCC(CC)n1ccc(CC(NC)c2cccc(I)c2)n1. The predicted molar refractivity (Wildman–Crippen MR) is 96.5 cm³/mol. The quantitative estimate of drug-likeness (QED) is 0.704. The zero-order valence-corrected chi connectivity index (χ0v) is 15.2. The minimum atomic E-state index is 0.310. The first-order chi connectivity index (χ1) is 10.2. The molecule has 2 rings (SSSR count). The Bertz CT molecular complexity index is 561. The molecule has 1 unspecified atom stereocenters. The number of aromatic nitrogens is 2. The van der Waals surface area contributed by atoms with Crippen LogP contribution in [-0.4, -0.2) is 16.8 Å². The summed E-state index contributed by atoms with van der Waals surface area (Å²) < 4.78 is 3.39. The highest BCUT2D eigenvalue weighted by Gasteiger charge is 2.14. The molecule has 0 spiro atoms. The maximum atomic E-state index is 4.76. The highest BCUT2D eigenvalue weighted by molar-refractivity contribution is 14.1. The van der Waals surface area contributed by atoms with Crippen molar-refractivity contribution >= 4 is 22.6 Å². The van der Waals surface area contributed by atoms with Gasteiger partial charge in [0.1, 0.15) is 0 Å². The Hall–Kier alpha value is -0.880. The van der Waals surface area contributed by atoms with Crippen LogP contribution in [0.3, 0.4) is 0 Å². The molecule has 1 atom stereocenters. The molecule has 0 amide bonds. The van der Waals surface area contributed by atoms with Crippen LogP contribution >= 0.6 is 22.6 Å². The third kappa shape index (κ3) is 4.30. The monoisotopic (exact) mass is 397 g/mol. The van der Waals surface area contributed by atoms with Crippen LogP contribution in [0.4, 0.5) is 0 Å². The zero-order valence-electron chi connectivity index (χ0n) is 13.0. The summed E-state index contributed by atoms with van der Waals surface area (Å²) in [7, 11) is 2.02. The molecule has 0 aliphatic heterocycles. The molecule has 0 aliphatic carbocycles. The summed E-state index contributed by atoms with van der Waals surface area (Å²) in [5.74, 6) is 0. The van der Waals surface area contributed by atoms with E-state index in [9.17, 15) is 0 Å². The van der Waals surface area contributed by atoms with Crippen LogP contribution in [0.5, 0.6) is 0 Å². The Morgan fingerprint density at radius 1 is 1.24 bits per heavy atom. The van der Waals surface area contributed by atoms with Crippen LogP contribution < -0.4 is 5.32 Å². The van der Waals surface area contributed by atoms with Crippen molar-refractivity contribution in [1.82, 2.24) is 15.1 Å². The molecule has 4 heteroatoms. The molecule has 1 aromatic heterocycles. The Morgan fingerprint density at radius 3 is 2.62 bits per heavy atom. The average Bonchev–Trinajstić information content (AvgIpc) is 2.94. The van der Waals surface area contributed by atoms with Crippen molar-refractivity contribution in [3.63, 3.8) is 0 Å². The maximum absolute atomic E-state index is 4.76. The van der Waals surface area contributed by atoms with E-state index in [4.69, 9.17) is 5.10 Å². The minimum absolute atomic E-state index is 0.310. The van der Waals surface area contributed by atoms with Crippen LogP contribution in [0.1, 0.15) is 50.0 Å². The third-order valence-electron chi connectivity index (χ3n) is 3.99. The fourth-order valence-corrected chi connectivity index (χ4v) is 3.24. The van der Waals surface area contributed by atoms with Gasteiger partial charge in [-0.2, -0.15) is 5.10 Å². The molecule has 0 radical (unpaired) electrons. The average molecular weight is 397 g/mol. The van der Waals surface area contributed by atoms with Gasteiger partial charge in [-0.25, -0.2) is 0 Å². The normalized spacial score (nSPS) is 12.8. The third-order valence-corrected chi connectivity index (χ3v) is 4.66. The summed E-state index contributed by atoms with van der Waals surface area (Å²) in [5, 5.41) is 8.17. The van der Waals surface area contributed by atoms with E-state index < -0.39 is 0 Å². The summed E-state index contributed by atoms with van der Waals surface area (Å²) in [6.45, 7) is 4.44. The Labute approximate surface area is 141 Å². The molecule has 1 aromatic carbocycles. The van der Waals surface area contributed by atoms with Gasteiger partial charge in [0.05, 0.1) is 11.7 Å². The second-order valence-electron chi connectivity index (χ2n) is 5.36. The largest absolute Gasteiger partial charge is 0.313 e. The van der Waals surface area contributed by atoms with E-state index in [1.807, 2.05) is 7.05 Å². The highest BCUT2D eigenvalue weighted by Crippen LogP contribution is 2.21. The van der Waals surface area contributed by atoms with E-state index in [1.54, 1.807) is 0 Å². The van der Waals surface area contributed by atoms with E-state index in [-0.39, 0.29) is 0 Å². The smallest absolute Gasteiger partial charge is 0.0643 e. The van der Waals surface area contributed by atoms with Crippen LogP contribution in [0.25, 0.3) is 0 Å². The molecular formula is C17H24IN3. The predicted octanol–water partition coefficient (Wildman–Crippen LogP) is 4.35. The number of hydrogen-bond acceptors (Lipinski definition) is 2. The molecule has 0 bridgehead atoms. The summed E-state index contributed by atoms with van der Waals surface area (Å²) in [6.07, 6.45) is 5.30. The minimum Gasteiger partial charge on any atom is -0.313 e. The van der Waals surface area contributed by atoms with Gasteiger partial charge in [0.25, 0.3) is 0 Å². The lowest BCUT2D eigenvalue weighted by molar-refractivity contribution is 0.423. The number of nitrogens with zero attached hydrogens (tertiary/aromatic N) is 2. The van der Waals surface area contributed by atoms with Gasteiger partial charge in [-0.1, -0.05) is 26.0 Å². The Kier molecular flexibility index (Phi) is 6.23. The Balaban J connectivity index is 2.12. The van der Waals surface area contributed by atoms with E-state index in [0.717, 1.165) is 25.0 Å². The second-order valence-corrected chi connectivity index (χ2v) is 6.60. The van der Waals surface area contributed by atoms with Crippen molar-refractivity contribution in [2.75, 3.05) is 7.05 Å². The molecule has 0 aliphatic rings. The first kappa shape index (κ1) is 16.5. The highest BCUT2D eigenvalue weighted by atomic mass is 127. The lowest BCUT2D eigenvalue weighted by Gasteiger charge is -2.16. The van der Waals surface area contributed by atoms with Gasteiger partial charge in [0, 0.05) is 22.2 Å². The molecule has 0 fully saturated rings. The Morgan fingerprint density at radius 2 is 2.00 bits per heavy atom. The second kappa shape index (κ2) is 7.94. The first-order valence-electron chi connectivity index (χ1n) is 7.64.